The number of ether oxygens (including phenoxy) is 1. The second-order valence-electron chi connectivity index (χ2n) is 8.69. The molecule has 34 heavy (non-hydrogen) atoms. The normalized spacial score (nSPS) is 14.6. The molecule has 0 spiro atoms. The van der Waals surface area contributed by atoms with Crippen molar-refractivity contribution in [3.63, 3.8) is 0 Å². The molecule has 0 aliphatic carbocycles. The summed E-state index contributed by atoms with van der Waals surface area (Å²) in [6.07, 6.45) is 1.69. The van der Waals surface area contributed by atoms with Crippen molar-refractivity contribution in [1.29, 1.82) is 0 Å². The first kappa shape index (κ1) is 19.0. The van der Waals surface area contributed by atoms with Gasteiger partial charge in [0.15, 0.2) is 11.5 Å². The lowest BCUT2D eigenvalue weighted by atomic mass is 9.83. The quantitative estimate of drug-likeness (QED) is 0.306. The Balaban J connectivity index is 1.52. The maximum absolute atomic E-state index is 6.49. The highest BCUT2D eigenvalue weighted by molar-refractivity contribution is 5.91. The Kier molecular flexibility index (Phi) is 4.05. The van der Waals surface area contributed by atoms with Crippen molar-refractivity contribution in [2.75, 3.05) is 0 Å². The van der Waals surface area contributed by atoms with Crippen LogP contribution in [0.4, 0.5) is 0 Å². The number of nitrogens with zero attached hydrogens (tertiary/aromatic N) is 4. The van der Waals surface area contributed by atoms with E-state index in [-0.39, 0.29) is 5.92 Å². The van der Waals surface area contributed by atoms with Gasteiger partial charge in [0.05, 0.1) is 5.56 Å². The van der Waals surface area contributed by atoms with Gasteiger partial charge in [0.1, 0.15) is 12.1 Å². The minimum Gasteiger partial charge on any atom is -0.438 e. The minimum atomic E-state index is -0.0738. The van der Waals surface area contributed by atoms with E-state index < -0.39 is 0 Å². The van der Waals surface area contributed by atoms with Crippen LogP contribution in [0.25, 0.3) is 27.8 Å². The third-order valence-corrected chi connectivity index (χ3v) is 6.50. The van der Waals surface area contributed by atoms with Crippen LogP contribution in [0.2, 0.25) is 0 Å². The van der Waals surface area contributed by atoms with Crippen molar-refractivity contribution in [3.8, 4) is 23.0 Å². The molecule has 0 saturated heterocycles. The SMILES string of the molecule is Cc1cccc(-c2nc3c4c(ncn3n2)Oc2c(ccc3ccccc23)[C@H]4c2ccccc2)c1. The van der Waals surface area contributed by atoms with E-state index in [1.165, 1.54) is 11.1 Å². The molecule has 0 N–H and O–H groups in total. The van der Waals surface area contributed by atoms with E-state index in [0.717, 1.165) is 38.9 Å². The van der Waals surface area contributed by atoms with Crippen molar-refractivity contribution in [1.82, 2.24) is 19.6 Å². The lowest BCUT2D eigenvalue weighted by Crippen LogP contribution is -2.15. The van der Waals surface area contributed by atoms with Crippen LogP contribution < -0.4 is 4.74 Å². The fraction of sp³-hybridized carbons (Fsp3) is 0.0690. The predicted molar refractivity (Wildman–Crippen MR) is 132 cm³/mol. The molecule has 0 radical (unpaired) electrons. The zero-order chi connectivity index (χ0) is 22.6. The van der Waals surface area contributed by atoms with Gasteiger partial charge in [-0.1, -0.05) is 90.5 Å². The van der Waals surface area contributed by atoms with E-state index >= 15 is 0 Å². The van der Waals surface area contributed by atoms with Crippen molar-refractivity contribution in [3.05, 3.63) is 120 Å². The van der Waals surface area contributed by atoms with E-state index in [4.69, 9.17) is 19.8 Å². The van der Waals surface area contributed by atoms with E-state index in [0.29, 0.717) is 11.7 Å². The zero-order valence-corrected chi connectivity index (χ0v) is 18.5. The molecule has 2 aromatic heterocycles. The molecule has 0 unspecified atom stereocenters. The molecular weight excluding hydrogens is 420 g/mol. The number of hydrogen-bond acceptors (Lipinski definition) is 4. The van der Waals surface area contributed by atoms with Gasteiger partial charge in [-0.05, 0) is 23.9 Å². The lowest BCUT2D eigenvalue weighted by Gasteiger charge is -2.28. The Morgan fingerprint density at radius 3 is 2.59 bits per heavy atom. The minimum absolute atomic E-state index is 0.0738. The monoisotopic (exact) mass is 440 g/mol. The zero-order valence-electron chi connectivity index (χ0n) is 18.5. The second kappa shape index (κ2) is 7.25. The van der Waals surface area contributed by atoms with Crippen LogP contribution in [0, 0.1) is 6.92 Å². The first-order valence-electron chi connectivity index (χ1n) is 11.3. The third kappa shape index (κ3) is 2.83. The number of aryl methyl sites for hydroxylation is 1. The fourth-order valence-electron chi connectivity index (χ4n) is 4.95. The standard InChI is InChI=1S/C29H20N4O/c1-18-8-7-12-21(16-18)27-31-28-25-24(20-10-3-2-4-11-20)23-15-14-19-9-5-6-13-22(19)26(23)34-29(25)30-17-33(28)32-27/h2-17,24H,1H3/t24-/m1/s1. The summed E-state index contributed by atoms with van der Waals surface area (Å²) in [7, 11) is 0. The molecule has 1 aliphatic heterocycles. The van der Waals surface area contributed by atoms with Crippen LogP contribution in [-0.2, 0) is 0 Å². The Morgan fingerprint density at radius 1 is 0.853 bits per heavy atom. The van der Waals surface area contributed by atoms with E-state index in [2.05, 4.69) is 67.6 Å². The summed E-state index contributed by atoms with van der Waals surface area (Å²) in [4.78, 5) is 9.67. The lowest BCUT2D eigenvalue weighted by molar-refractivity contribution is 0.437. The smallest absolute Gasteiger partial charge is 0.228 e. The molecule has 5 heteroatoms. The highest BCUT2D eigenvalue weighted by Crippen LogP contribution is 2.50. The maximum Gasteiger partial charge on any atom is 0.228 e. The van der Waals surface area contributed by atoms with Gasteiger partial charge in [0.25, 0.3) is 0 Å². The molecule has 7 rings (SSSR count). The van der Waals surface area contributed by atoms with Crippen LogP contribution in [-0.4, -0.2) is 19.6 Å². The largest absolute Gasteiger partial charge is 0.438 e. The highest BCUT2D eigenvalue weighted by atomic mass is 16.5. The maximum atomic E-state index is 6.49. The van der Waals surface area contributed by atoms with Crippen molar-refractivity contribution >= 4 is 16.4 Å². The van der Waals surface area contributed by atoms with Crippen molar-refractivity contribution in [2.45, 2.75) is 12.8 Å². The van der Waals surface area contributed by atoms with Crippen LogP contribution in [0.5, 0.6) is 11.6 Å². The van der Waals surface area contributed by atoms with Crippen LogP contribution in [0.3, 0.4) is 0 Å². The predicted octanol–water partition coefficient (Wildman–Crippen LogP) is 6.54. The Morgan fingerprint density at radius 2 is 1.71 bits per heavy atom. The van der Waals surface area contributed by atoms with Gasteiger partial charge >= 0.3 is 0 Å². The van der Waals surface area contributed by atoms with Gasteiger partial charge in [0, 0.05) is 22.4 Å². The topological polar surface area (TPSA) is 52.3 Å². The van der Waals surface area contributed by atoms with Gasteiger partial charge in [-0.25, -0.2) is 14.5 Å². The second-order valence-corrected chi connectivity index (χ2v) is 8.69. The van der Waals surface area contributed by atoms with Gasteiger partial charge in [-0.2, -0.15) is 0 Å². The summed E-state index contributed by atoms with van der Waals surface area (Å²) >= 11 is 0. The first-order chi connectivity index (χ1) is 16.8. The molecule has 5 nitrogen and oxygen atoms in total. The van der Waals surface area contributed by atoms with Crippen molar-refractivity contribution < 1.29 is 4.74 Å². The van der Waals surface area contributed by atoms with Gasteiger partial charge in [-0.3, -0.25) is 0 Å². The molecule has 1 aliphatic rings. The highest BCUT2D eigenvalue weighted by Gasteiger charge is 2.34. The Hall–Kier alpha value is -4.51. The number of fused-ring (bicyclic) bond motifs is 6. The molecular formula is C29H20N4O. The summed E-state index contributed by atoms with van der Waals surface area (Å²) in [5, 5.41) is 6.97. The van der Waals surface area contributed by atoms with Gasteiger partial charge in [-0.15, -0.1) is 5.10 Å². The van der Waals surface area contributed by atoms with Crippen LogP contribution in [0.1, 0.15) is 28.2 Å². The number of hydrogen-bond donors (Lipinski definition) is 0. The van der Waals surface area contributed by atoms with Crippen molar-refractivity contribution in [2.24, 2.45) is 0 Å². The summed E-state index contributed by atoms with van der Waals surface area (Å²) in [5.74, 6) is 2.04. The van der Waals surface area contributed by atoms with Crippen LogP contribution >= 0.6 is 0 Å². The Labute approximate surface area is 196 Å². The molecule has 0 amide bonds. The average Bonchev–Trinajstić information content (AvgIpc) is 3.33. The molecule has 1 atom stereocenters. The summed E-state index contributed by atoms with van der Waals surface area (Å²) in [6.45, 7) is 2.07. The molecule has 3 heterocycles. The third-order valence-electron chi connectivity index (χ3n) is 6.50. The average molecular weight is 441 g/mol. The van der Waals surface area contributed by atoms with Gasteiger partial charge in [0.2, 0.25) is 5.88 Å². The molecule has 162 valence electrons. The summed E-state index contributed by atoms with van der Waals surface area (Å²) in [6, 6.07) is 31.3. The molecule has 6 aromatic rings. The first-order valence-corrected chi connectivity index (χ1v) is 11.3. The molecule has 0 saturated carbocycles. The van der Waals surface area contributed by atoms with E-state index in [9.17, 15) is 0 Å². The summed E-state index contributed by atoms with van der Waals surface area (Å²) < 4.78 is 8.26. The number of benzene rings is 4. The number of aromatic nitrogens is 4. The number of rotatable bonds is 2. The van der Waals surface area contributed by atoms with E-state index in [1.54, 1.807) is 10.8 Å². The van der Waals surface area contributed by atoms with E-state index in [1.807, 2.05) is 30.3 Å². The summed E-state index contributed by atoms with van der Waals surface area (Å²) in [5.41, 5.74) is 6.11. The molecule has 0 fully saturated rings. The van der Waals surface area contributed by atoms with Crippen LogP contribution in [0.15, 0.2) is 97.3 Å². The molecule has 4 aromatic carbocycles. The molecule has 0 bridgehead atoms. The fourth-order valence-corrected chi connectivity index (χ4v) is 4.95. The van der Waals surface area contributed by atoms with Gasteiger partial charge < -0.3 is 4.74 Å². The Bertz CT molecular complexity index is 1700.